The smallest absolute Gasteiger partial charge is 0.240 e. The first-order valence-electron chi connectivity index (χ1n) is 7.15. The van der Waals surface area contributed by atoms with Crippen molar-refractivity contribution < 1.29 is 4.79 Å². The lowest BCUT2D eigenvalue weighted by atomic mass is 9.97. The number of nitrogens with two attached hydrogens (primary N) is 1. The first-order valence-corrected chi connectivity index (χ1v) is 7.15. The molecule has 1 saturated carbocycles. The zero-order valence-corrected chi connectivity index (χ0v) is 12.0. The van der Waals surface area contributed by atoms with E-state index in [1.54, 1.807) is 0 Å². The summed E-state index contributed by atoms with van der Waals surface area (Å²) in [5, 5.41) is 3.00. The summed E-state index contributed by atoms with van der Waals surface area (Å²) in [6.07, 6.45) is 4.66. The molecule has 0 bridgehead atoms. The molecule has 1 amide bonds. The Kier molecular flexibility index (Phi) is 4.25. The topological polar surface area (TPSA) is 55.1 Å². The average Bonchev–Trinajstić information content (AvgIpc) is 2.81. The number of benzene rings is 1. The van der Waals surface area contributed by atoms with E-state index in [9.17, 15) is 4.79 Å². The van der Waals surface area contributed by atoms with Crippen LogP contribution >= 0.6 is 0 Å². The lowest BCUT2D eigenvalue weighted by molar-refractivity contribution is -0.126. The van der Waals surface area contributed by atoms with Crippen LogP contribution in [0.1, 0.15) is 42.4 Å². The van der Waals surface area contributed by atoms with Crippen LogP contribution in [0.25, 0.3) is 0 Å². The molecule has 3 N–H and O–H groups in total. The molecule has 2 rings (SSSR count). The fraction of sp³-hybridized carbons (Fsp3) is 0.562. The van der Waals surface area contributed by atoms with Crippen molar-refractivity contribution >= 4 is 5.91 Å². The van der Waals surface area contributed by atoms with E-state index in [1.165, 1.54) is 16.7 Å². The predicted molar refractivity (Wildman–Crippen MR) is 78.0 cm³/mol. The van der Waals surface area contributed by atoms with E-state index >= 15 is 0 Å². The standard InChI is InChI=1S/C16H24N2O/c1-12-6-5-7-13(2)14(12)8-11-18-15(19)16(17)9-3-4-10-16/h5-7H,3-4,8-11,17H2,1-2H3,(H,18,19). The Hall–Kier alpha value is -1.35. The second-order valence-corrected chi connectivity index (χ2v) is 5.74. The molecule has 1 aromatic carbocycles. The molecule has 0 radical (unpaired) electrons. The highest BCUT2D eigenvalue weighted by Gasteiger charge is 2.36. The van der Waals surface area contributed by atoms with Gasteiger partial charge in [-0.1, -0.05) is 31.0 Å². The molecular formula is C16H24N2O. The van der Waals surface area contributed by atoms with Crippen LogP contribution in [-0.2, 0) is 11.2 Å². The highest BCUT2D eigenvalue weighted by Crippen LogP contribution is 2.27. The van der Waals surface area contributed by atoms with Gasteiger partial charge < -0.3 is 11.1 Å². The second kappa shape index (κ2) is 5.74. The number of hydrogen-bond donors (Lipinski definition) is 2. The Labute approximate surface area is 115 Å². The lowest BCUT2D eigenvalue weighted by Crippen LogP contribution is -2.52. The predicted octanol–water partition coefficient (Wildman–Crippen LogP) is 2.23. The van der Waals surface area contributed by atoms with Gasteiger partial charge in [0.15, 0.2) is 0 Å². The SMILES string of the molecule is Cc1cccc(C)c1CCNC(=O)C1(N)CCCC1. The molecular weight excluding hydrogens is 236 g/mol. The summed E-state index contributed by atoms with van der Waals surface area (Å²) < 4.78 is 0. The third kappa shape index (κ3) is 3.16. The van der Waals surface area contributed by atoms with Gasteiger partial charge in [-0.05, 0) is 49.8 Å². The van der Waals surface area contributed by atoms with Crippen LogP contribution in [0, 0.1) is 13.8 Å². The molecule has 1 aliphatic rings. The van der Waals surface area contributed by atoms with Gasteiger partial charge in [0.05, 0.1) is 5.54 Å². The monoisotopic (exact) mass is 260 g/mol. The van der Waals surface area contributed by atoms with Gasteiger partial charge in [0, 0.05) is 6.54 Å². The van der Waals surface area contributed by atoms with Crippen LogP contribution < -0.4 is 11.1 Å². The fourth-order valence-electron chi connectivity index (χ4n) is 2.95. The van der Waals surface area contributed by atoms with Crippen LogP contribution in [0.4, 0.5) is 0 Å². The Bertz CT molecular complexity index is 442. The van der Waals surface area contributed by atoms with E-state index in [1.807, 2.05) is 0 Å². The first kappa shape index (κ1) is 14.1. The molecule has 0 aromatic heterocycles. The number of carbonyl (C=O) groups excluding carboxylic acids is 1. The van der Waals surface area contributed by atoms with Crippen LogP contribution in [0.5, 0.6) is 0 Å². The molecule has 104 valence electrons. The summed E-state index contributed by atoms with van der Waals surface area (Å²) in [5.41, 5.74) is 9.43. The van der Waals surface area contributed by atoms with Crippen molar-refractivity contribution in [3.8, 4) is 0 Å². The third-order valence-corrected chi connectivity index (χ3v) is 4.25. The van der Waals surface area contributed by atoms with Crippen molar-refractivity contribution in [3.05, 3.63) is 34.9 Å². The van der Waals surface area contributed by atoms with Gasteiger partial charge >= 0.3 is 0 Å². The van der Waals surface area contributed by atoms with Gasteiger partial charge in [0.2, 0.25) is 5.91 Å². The van der Waals surface area contributed by atoms with Crippen molar-refractivity contribution in [1.82, 2.24) is 5.32 Å². The van der Waals surface area contributed by atoms with E-state index in [0.717, 1.165) is 32.1 Å². The highest BCUT2D eigenvalue weighted by molar-refractivity contribution is 5.86. The summed E-state index contributed by atoms with van der Waals surface area (Å²) in [6, 6.07) is 6.30. The van der Waals surface area contributed by atoms with Gasteiger partial charge in [-0.2, -0.15) is 0 Å². The molecule has 1 fully saturated rings. The van der Waals surface area contributed by atoms with Crippen LogP contribution in [0.15, 0.2) is 18.2 Å². The summed E-state index contributed by atoms with van der Waals surface area (Å²) in [5.74, 6) is 0.0243. The van der Waals surface area contributed by atoms with Crippen molar-refractivity contribution in [1.29, 1.82) is 0 Å². The lowest BCUT2D eigenvalue weighted by Gasteiger charge is -2.22. The Balaban J connectivity index is 1.88. The van der Waals surface area contributed by atoms with Gasteiger partial charge in [-0.15, -0.1) is 0 Å². The molecule has 0 heterocycles. The number of aryl methyl sites for hydroxylation is 2. The number of carbonyl (C=O) groups is 1. The Morgan fingerprint density at radius 1 is 1.26 bits per heavy atom. The normalized spacial score (nSPS) is 17.4. The first-order chi connectivity index (χ1) is 9.03. The van der Waals surface area contributed by atoms with Gasteiger partial charge in [-0.25, -0.2) is 0 Å². The summed E-state index contributed by atoms with van der Waals surface area (Å²) in [7, 11) is 0. The van der Waals surface area contributed by atoms with E-state index < -0.39 is 5.54 Å². The number of amides is 1. The number of hydrogen-bond acceptors (Lipinski definition) is 2. The molecule has 3 heteroatoms. The minimum atomic E-state index is -0.610. The fourth-order valence-corrected chi connectivity index (χ4v) is 2.95. The molecule has 0 aliphatic heterocycles. The van der Waals surface area contributed by atoms with Gasteiger partial charge in [0.25, 0.3) is 0 Å². The molecule has 0 unspecified atom stereocenters. The maximum Gasteiger partial charge on any atom is 0.240 e. The van der Waals surface area contributed by atoms with Crippen molar-refractivity contribution in [2.75, 3.05) is 6.54 Å². The molecule has 19 heavy (non-hydrogen) atoms. The largest absolute Gasteiger partial charge is 0.354 e. The highest BCUT2D eigenvalue weighted by atomic mass is 16.2. The van der Waals surface area contributed by atoms with Gasteiger partial charge in [0.1, 0.15) is 0 Å². The maximum atomic E-state index is 12.1. The minimum absolute atomic E-state index is 0.0243. The van der Waals surface area contributed by atoms with Crippen molar-refractivity contribution in [2.45, 2.75) is 51.5 Å². The molecule has 0 saturated heterocycles. The molecule has 3 nitrogen and oxygen atoms in total. The van der Waals surface area contributed by atoms with Crippen LogP contribution in [0.2, 0.25) is 0 Å². The Morgan fingerprint density at radius 2 is 1.84 bits per heavy atom. The van der Waals surface area contributed by atoms with Gasteiger partial charge in [-0.3, -0.25) is 4.79 Å². The summed E-state index contributed by atoms with van der Waals surface area (Å²) >= 11 is 0. The summed E-state index contributed by atoms with van der Waals surface area (Å²) in [6.45, 7) is 4.90. The zero-order chi connectivity index (χ0) is 13.9. The molecule has 0 spiro atoms. The van der Waals surface area contributed by atoms with Crippen LogP contribution in [0.3, 0.4) is 0 Å². The molecule has 1 aromatic rings. The number of nitrogens with one attached hydrogen (secondary N) is 1. The average molecular weight is 260 g/mol. The second-order valence-electron chi connectivity index (χ2n) is 5.74. The van der Waals surface area contributed by atoms with E-state index in [4.69, 9.17) is 5.73 Å². The number of rotatable bonds is 4. The van der Waals surface area contributed by atoms with E-state index in [2.05, 4.69) is 37.4 Å². The maximum absolute atomic E-state index is 12.1. The molecule has 0 atom stereocenters. The molecule has 1 aliphatic carbocycles. The third-order valence-electron chi connectivity index (χ3n) is 4.25. The Morgan fingerprint density at radius 3 is 2.42 bits per heavy atom. The zero-order valence-electron chi connectivity index (χ0n) is 12.0. The quantitative estimate of drug-likeness (QED) is 0.872. The van der Waals surface area contributed by atoms with Crippen molar-refractivity contribution in [3.63, 3.8) is 0 Å². The van der Waals surface area contributed by atoms with E-state index in [0.29, 0.717) is 6.54 Å². The van der Waals surface area contributed by atoms with E-state index in [-0.39, 0.29) is 5.91 Å². The minimum Gasteiger partial charge on any atom is -0.354 e. The van der Waals surface area contributed by atoms with Crippen molar-refractivity contribution in [2.24, 2.45) is 5.73 Å². The van der Waals surface area contributed by atoms with Crippen LogP contribution in [-0.4, -0.2) is 18.0 Å². The summed E-state index contributed by atoms with van der Waals surface area (Å²) in [4.78, 5) is 12.1.